The molecule has 1 aliphatic rings. The molecule has 2 aromatic carbocycles. The third-order valence-corrected chi connectivity index (χ3v) is 4.29. The lowest BCUT2D eigenvalue weighted by Gasteiger charge is -2.38. The van der Waals surface area contributed by atoms with Crippen LogP contribution in [0.1, 0.15) is 11.6 Å². The normalized spacial score (nSPS) is 17.5. The van der Waals surface area contributed by atoms with E-state index >= 15 is 0 Å². The zero-order chi connectivity index (χ0) is 16.4. The summed E-state index contributed by atoms with van der Waals surface area (Å²) < 4.78 is 28.8. The molecule has 1 atom stereocenters. The summed E-state index contributed by atoms with van der Waals surface area (Å²) in [7, 11) is 0. The highest BCUT2D eigenvalue weighted by Gasteiger charge is 2.44. The minimum Gasteiger partial charge on any atom is -0.508 e. The number of phenols is 1. The van der Waals surface area contributed by atoms with Crippen LogP contribution >= 0.6 is 12.4 Å². The summed E-state index contributed by atoms with van der Waals surface area (Å²) in [5.74, 6) is -3.08. The van der Waals surface area contributed by atoms with E-state index in [2.05, 4.69) is 5.32 Å². The molecular weight excluding hydrogens is 338 g/mol. The zero-order valence-corrected chi connectivity index (χ0v) is 13.9. The summed E-state index contributed by atoms with van der Waals surface area (Å²) in [5, 5.41) is 23.4. The van der Waals surface area contributed by atoms with E-state index in [9.17, 15) is 19.0 Å². The Labute approximate surface area is 145 Å². The highest BCUT2D eigenvalue weighted by Crippen LogP contribution is 2.37. The fourth-order valence-corrected chi connectivity index (χ4v) is 3.17. The van der Waals surface area contributed by atoms with Gasteiger partial charge in [-0.1, -0.05) is 18.2 Å². The monoisotopic (exact) mass is 358 g/mol. The maximum absolute atomic E-state index is 14.4. The van der Waals surface area contributed by atoms with E-state index in [1.165, 1.54) is 6.07 Å². The number of hydrogen-bond acceptors (Lipinski definition) is 4. The quantitative estimate of drug-likeness (QED) is 0.786. The average molecular weight is 359 g/mol. The smallest absolute Gasteiger partial charge is 0.289 e. The predicted molar refractivity (Wildman–Crippen MR) is 92.1 cm³/mol. The van der Waals surface area contributed by atoms with Crippen LogP contribution in [0.25, 0.3) is 10.8 Å². The third kappa shape index (κ3) is 3.78. The van der Waals surface area contributed by atoms with Gasteiger partial charge in [-0.05, 0) is 34.5 Å². The highest BCUT2D eigenvalue weighted by atomic mass is 35.5. The molecule has 4 nitrogen and oxygen atoms in total. The maximum atomic E-state index is 14.4. The molecule has 24 heavy (non-hydrogen) atoms. The number of piperazine rings is 1. The van der Waals surface area contributed by atoms with E-state index in [4.69, 9.17) is 0 Å². The van der Waals surface area contributed by atoms with Crippen LogP contribution in [0.2, 0.25) is 0 Å². The van der Waals surface area contributed by atoms with E-state index in [-0.39, 0.29) is 18.2 Å². The molecule has 0 unspecified atom stereocenters. The van der Waals surface area contributed by atoms with Crippen molar-refractivity contribution in [1.82, 2.24) is 10.2 Å². The molecule has 0 aliphatic carbocycles. The summed E-state index contributed by atoms with van der Waals surface area (Å²) in [6, 6.07) is 8.78. The van der Waals surface area contributed by atoms with Gasteiger partial charge < -0.3 is 15.5 Å². The molecule has 1 saturated heterocycles. The minimum atomic E-state index is -3.22. The van der Waals surface area contributed by atoms with Crippen LogP contribution < -0.4 is 5.32 Å². The van der Waals surface area contributed by atoms with Crippen LogP contribution in [-0.4, -0.2) is 53.8 Å². The van der Waals surface area contributed by atoms with Gasteiger partial charge in [0, 0.05) is 26.2 Å². The number of nitrogens with zero attached hydrogens (tertiary/aromatic N) is 1. The first kappa shape index (κ1) is 18.9. The standard InChI is InChI=1S/C17H20F2N2O2.ClH/c18-17(19,11-22)16(21-7-5-20-6-8-21)14-2-1-13-10-15(23)4-3-12(13)9-14;/h1-4,9-10,16,20,22-23H,5-8,11H2;1H/t16-;/m1./s1. The molecule has 1 heterocycles. The van der Waals surface area contributed by atoms with Gasteiger partial charge in [0.1, 0.15) is 18.4 Å². The maximum Gasteiger partial charge on any atom is 0.289 e. The molecule has 132 valence electrons. The fraction of sp³-hybridized carbons (Fsp3) is 0.412. The van der Waals surface area contributed by atoms with E-state index in [1.54, 1.807) is 35.2 Å². The van der Waals surface area contributed by atoms with Crippen LogP contribution in [0.5, 0.6) is 5.75 Å². The van der Waals surface area contributed by atoms with Crippen LogP contribution in [0.15, 0.2) is 36.4 Å². The Balaban J connectivity index is 0.00000208. The van der Waals surface area contributed by atoms with Crippen molar-refractivity contribution in [3.05, 3.63) is 42.0 Å². The lowest BCUT2D eigenvalue weighted by Crippen LogP contribution is -2.51. The second-order valence-electron chi connectivity index (χ2n) is 5.90. The molecule has 7 heteroatoms. The van der Waals surface area contributed by atoms with Crippen LogP contribution in [0.3, 0.4) is 0 Å². The van der Waals surface area contributed by atoms with Crippen molar-refractivity contribution in [2.24, 2.45) is 0 Å². The van der Waals surface area contributed by atoms with Crippen LogP contribution in [0.4, 0.5) is 8.78 Å². The van der Waals surface area contributed by atoms with Crippen molar-refractivity contribution in [2.75, 3.05) is 32.8 Å². The van der Waals surface area contributed by atoms with E-state index in [0.717, 1.165) is 10.8 Å². The van der Waals surface area contributed by atoms with Crippen molar-refractivity contribution in [2.45, 2.75) is 12.0 Å². The Morgan fingerprint density at radius 2 is 1.71 bits per heavy atom. The summed E-state index contributed by atoms with van der Waals surface area (Å²) in [6.07, 6.45) is 0. The first-order valence-electron chi connectivity index (χ1n) is 7.67. The number of hydrogen-bond donors (Lipinski definition) is 3. The van der Waals surface area contributed by atoms with Crippen molar-refractivity contribution in [3.63, 3.8) is 0 Å². The zero-order valence-electron chi connectivity index (χ0n) is 13.1. The fourth-order valence-electron chi connectivity index (χ4n) is 3.17. The molecule has 3 rings (SSSR count). The van der Waals surface area contributed by atoms with Crippen molar-refractivity contribution in [1.29, 1.82) is 0 Å². The van der Waals surface area contributed by atoms with Gasteiger partial charge in [0.05, 0.1) is 0 Å². The summed E-state index contributed by atoms with van der Waals surface area (Å²) in [6.45, 7) is 1.13. The number of halogens is 3. The van der Waals surface area contributed by atoms with Gasteiger partial charge in [0.2, 0.25) is 0 Å². The number of aliphatic hydroxyl groups is 1. The molecule has 0 radical (unpaired) electrons. The van der Waals surface area contributed by atoms with Gasteiger partial charge in [0.15, 0.2) is 0 Å². The number of aromatic hydroxyl groups is 1. The molecule has 1 aliphatic heterocycles. The van der Waals surface area contributed by atoms with Crippen molar-refractivity contribution < 1.29 is 19.0 Å². The lowest BCUT2D eigenvalue weighted by molar-refractivity contribution is -0.118. The molecule has 0 aromatic heterocycles. The minimum absolute atomic E-state index is 0. The molecule has 2 aromatic rings. The number of aliphatic hydroxyl groups excluding tert-OH is 1. The molecule has 3 N–H and O–H groups in total. The Bertz CT molecular complexity index is 693. The lowest BCUT2D eigenvalue weighted by atomic mass is 9.95. The van der Waals surface area contributed by atoms with E-state index < -0.39 is 18.6 Å². The number of phenolic OH excluding ortho intramolecular Hbond substituents is 1. The molecule has 0 bridgehead atoms. The second kappa shape index (κ2) is 7.61. The summed E-state index contributed by atoms with van der Waals surface area (Å²) >= 11 is 0. The van der Waals surface area contributed by atoms with Crippen LogP contribution in [0, 0.1) is 0 Å². The van der Waals surface area contributed by atoms with Gasteiger partial charge >= 0.3 is 0 Å². The number of fused-ring (bicyclic) bond motifs is 1. The third-order valence-electron chi connectivity index (χ3n) is 4.29. The van der Waals surface area contributed by atoms with Gasteiger partial charge in [-0.25, -0.2) is 8.78 Å². The summed E-state index contributed by atoms with van der Waals surface area (Å²) in [4.78, 5) is 1.72. The number of alkyl halides is 2. The van der Waals surface area contributed by atoms with Crippen molar-refractivity contribution >= 4 is 23.2 Å². The predicted octanol–water partition coefficient (Wildman–Crippen LogP) is 2.54. The first-order valence-corrected chi connectivity index (χ1v) is 7.67. The molecular formula is C17H21ClF2N2O2. The summed E-state index contributed by atoms with van der Waals surface area (Å²) in [5.41, 5.74) is 0.476. The van der Waals surface area contributed by atoms with Crippen LogP contribution in [-0.2, 0) is 0 Å². The SMILES string of the molecule is Cl.OCC(F)(F)[C@@H](c1ccc2cc(O)ccc2c1)N1CCNCC1. The van der Waals surface area contributed by atoms with Gasteiger partial charge in [-0.2, -0.15) is 0 Å². The largest absolute Gasteiger partial charge is 0.508 e. The van der Waals surface area contributed by atoms with Gasteiger partial charge in [-0.3, -0.25) is 4.90 Å². The molecule has 0 saturated carbocycles. The van der Waals surface area contributed by atoms with E-state index in [0.29, 0.717) is 31.7 Å². The Morgan fingerprint density at radius 3 is 2.38 bits per heavy atom. The van der Waals surface area contributed by atoms with Crippen molar-refractivity contribution in [3.8, 4) is 5.75 Å². The Morgan fingerprint density at radius 1 is 1.08 bits per heavy atom. The van der Waals surface area contributed by atoms with Gasteiger partial charge in [-0.15, -0.1) is 12.4 Å². The van der Waals surface area contributed by atoms with E-state index in [1.807, 2.05) is 0 Å². The number of nitrogens with one attached hydrogen (secondary N) is 1. The number of rotatable bonds is 4. The molecule has 0 amide bonds. The average Bonchev–Trinajstić information content (AvgIpc) is 2.56. The molecule has 0 spiro atoms. The van der Waals surface area contributed by atoms with Gasteiger partial charge in [0.25, 0.3) is 5.92 Å². The molecule has 1 fully saturated rings. The first-order chi connectivity index (χ1) is 11.0. The number of benzene rings is 2. The second-order valence-corrected chi connectivity index (χ2v) is 5.90. The topological polar surface area (TPSA) is 55.7 Å². The Kier molecular flexibility index (Phi) is 5.98. The Hall–Kier alpha value is -1.47. The highest BCUT2D eigenvalue weighted by molar-refractivity contribution is 5.85.